The van der Waals surface area contributed by atoms with E-state index in [1.807, 2.05) is 30.3 Å². The summed E-state index contributed by atoms with van der Waals surface area (Å²) in [4.78, 5) is 26.7. The van der Waals surface area contributed by atoms with Gasteiger partial charge in [0.25, 0.3) is 0 Å². The van der Waals surface area contributed by atoms with Crippen molar-refractivity contribution < 1.29 is 22.8 Å². The zero-order chi connectivity index (χ0) is 22.2. The lowest BCUT2D eigenvalue weighted by Gasteiger charge is -2.27. The molecule has 0 fully saturated rings. The molecule has 3 aromatic rings. The van der Waals surface area contributed by atoms with Gasteiger partial charge in [0.05, 0.1) is 34.9 Å². The number of alkyl halides is 3. The first-order valence-corrected chi connectivity index (χ1v) is 10.5. The maximum Gasteiger partial charge on any atom is 0.416 e. The molecule has 31 heavy (non-hydrogen) atoms. The molecule has 160 valence electrons. The molecule has 0 unspecified atom stereocenters. The summed E-state index contributed by atoms with van der Waals surface area (Å²) in [7, 11) is 0. The first kappa shape index (κ1) is 21.2. The fourth-order valence-corrected chi connectivity index (χ4v) is 4.58. The summed E-state index contributed by atoms with van der Waals surface area (Å²) in [5.41, 5.74) is 1.47. The smallest absolute Gasteiger partial charge is 0.300 e. The van der Waals surface area contributed by atoms with Crippen LogP contribution in [0.1, 0.15) is 16.8 Å². The lowest BCUT2D eigenvalue weighted by atomic mass is 10.0. The fourth-order valence-electron chi connectivity index (χ4n) is 3.50. The van der Waals surface area contributed by atoms with Crippen LogP contribution in [0.15, 0.2) is 59.6 Å². The molecule has 1 aliphatic heterocycles. The minimum Gasteiger partial charge on any atom is -0.300 e. The maximum atomic E-state index is 12.9. The van der Waals surface area contributed by atoms with Crippen molar-refractivity contribution in [2.75, 3.05) is 17.2 Å². The zero-order valence-electron chi connectivity index (χ0n) is 16.5. The first-order valence-electron chi connectivity index (χ1n) is 9.50. The van der Waals surface area contributed by atoms with Crippen LogP contribution in [0.3, 0.4) is 0 Å². The number of carbonyl (C=O) groups excluding carboxylic acids is 2. The molecule has 0 atom stereocenters. The highest BCUT2D eigenvalue weighted by molar-refractivity contribution is 8.00. The van der Waals surface area contributed by atoms with E-state index in [0.29, 0.717) is 11.4 Å². The number of anilines is 1. The Hall–Kier alpha value is -3.07. The number of para-hydroxylation sites is 1. The van der Waals surface area contributed by atoms with E-state index in [1.165, 1.54) is 28.8 Å². The van der Waals surface area contributed by atoms with Crippen molar-refractivity contribution in [2.45, 2.75) is 24.5 Å². The van der Waals surface area contributed by atoms with E-state index >= 15 is 0 Å². The predicted molar refractivity (Wildman–Crippen MR) is 112 cm³/mol. The zero-order valence-corrected chi connectivity index (χ0v) is 17.3. The SMILES string of the molecule is Cc1nn(-c2ccccc2)c2c1N(CC(=O)Cc1cccc(C(F)(F)F)c1)C(=O)CS2. The molecule has 0 N–H and O–H groups in total. The standard InChI is InChI=1S/C22H18F3N3O2S/c1-14-20-21(28(26-14)17-8-3-2-4-9-17)31-13-19(30)27(20)12-18(29)11-15-6-5-7-16(10-15)22(23,24)25/h2-10H,11-13H2,1H3. The van der Waals surface area contributed by atoms with Crippen molar-refractivity contribution in [3.8, 4) is 5.69 Å². The summed E-state index contributed by atoms with van der Waals surface area (Å²) in [5, 5.41) is 5.30. The molecule has 1 amide bonds. The second-order valence-electron chi connectivity index (χ2n) is 7.17. The van der Waals surface area contributed by atoms with Gasteiger partial charge in [-0.25, -0.2) is 4.68 Å². The number of fused-ring (bicyclic) bond motifs is 1. The maximum absolute atomic E-state index is 12.9. The second kappa shape index (κ2) is 8.22. The molecule has 0 saturated carbocycles. The van der Waals surface area contributed by atoms with Crippen LogP contribution in [0.4, 0.5) is 18.9 Å². The van der Waals surface area contributed by atoms with Gasteiger partial charge < -0.3 is 4.90 Å². The van der Waals surface area contributed by atoms with Crippen LogP contribution < -0.4 is 4.90 Å². The number of halogens is 3. The lowest BCUT2D eigenvalue weighted by molar-refractivity contribution is -0.137. The second-order valence-corrected chi connectivity index (χ2v) is 8.13. The van der Waals surface area contributed by atoms with Crippen LogP contribution >= 0.6 is 11.8 Å². The highest BCUT2D eigenvalue weighted by Crippen LogP contribution is 2.39. The van der Waals surface area contributed by atoms with Crippen molar-refractivity contribution in [1.29, 1.82) is 0 Å². The summed E-state index contributed by atoms with van der Waals surface area (Å²) in [6, 6.07) is 14.1. The topological polar surface area (TPSA) is 55.2 Å². The van der Waals surface area contributed by atoms with Crippen LogP contribution in [-0.2, 0) is 22.2 Å². The van der Waals surface area contributed by atoms with E-state index in [0.717, 1.165) is 22.8 Å². The molecule has 0 saturated heterocycles. The molecule has 2 aromatic carbocycles. The Morgan fingerprint density at radius 3 is 2.58 bits per heavy atom. The summed E-state index contributed by atoms with van der Waals surface area (Å²) in [6.45, 7) is 1.55. The van der Waals surface area contributed by atoms with Crippen LogP contribution in [0.25, 0.3) is 5.69 Å². The molecular weight excluding hydrogens is 427 g/mol. The third-order valence-corrected chi connectivity index (χ3v) is 5.91. The van der Waals surface area contributed by atoms with Gasteiger partial charge in [0.1, 0.15) is 5.03 Å². The Morgan fingerprint density at radius 2 is 1.87 bits per heavy atom. The summed E-state index contributed by atoms with van der Waals surface area (Å²) < 4.78 is 40.5. The number of hydrogen-bond acceptors (Lipinski definition) is 4. The van der Waals surface area contributed by atoms with Gasteiger partial charge in [-0.2, -0.15) is 18.3 Å². The van der Waals surface area contributed by atoms with Gasteiger partial charge in [-0.1, -0.05) is 48.2 Å². The Morgan fingerprint density at radius 1 is 1.13 bits per heavy atom. The molecule has 5 nitrogen and oxygen atoms in total. The quantitative estimate of drug-likeness (QED) is 0.582. The minimum atomic E-state index is -4.48. The van der Waals surface area contributed by atoms with Gasteiger partial charge >= 0.3 is 6.18 Å². The highest BCUT2D eigenvalue weighted by atomic mass is 32.2. The summed E-state index contributed by atoms with van der Waals surface area (Å²) >= 11 is 1.35. The number of rotatable bonds is 5. The van der Waals surface area contributed by atoms with E-state index < -0.39 is 11.7 Å². The molecule has 4 rings (SSSR count). The van der Waals surface area contributed by atoms with Crippen LogP contribution in [0, 0.1) is 6.92 Å². The number of benzene rings is 2. The number of Topliss-reactive ketones (excluding diaryl/α,β-unsaturated/α-hetero) is 1. The van der Waals surface area contributed by atoms with Crippen molar-refractivity contribution in [3.05, 3.63) is 71.4 Å². The van der Waals surface area contributed by atoms with Gasteiger partial charge in [-0.15, -0.1) is 0 Å². The normalized spacial score (nSPS) is 13.9. The number of amides is 1. The third-order valence-electron chi connectivity index (χ3n) is 4.88. The summed E-state index contributed by atoms with van der Waals surface area (Å²) in [6.07, 6.45) is -4.67. The van der Waals surface area contributed by atoms with E-state index in [-0.39, 0.29) is 36.0 Å². The number of carbonyl (C=O) groups is 2. The van der Waals surface area contributed by atoms with Crippen molar-refractivity contribution in [1.82, 2.24) is 9.78 Å². The Kier molecular flexibility index (Phi) is 5.62. The summed E-state index contributed by atoms with van der Waals surface area (Å²) in [5.74, 6) is -0.426. The Labute approximate surface area is 180 Å². The molecular formula is C22H18F3N3O2S. The number of hydrogen-bond donors (Lipinski definition) is 0. The van der Waals surface area contributed by atoms with Gasteiger partial charge in [0, 0.05) is 6.42 Å². The van der Waals surface area contributed by atoms with Crippen LogP contribution in [-0.4, -0.2) is 33.8 Å². The fraction of sp³-hybridized carbons (Fsp3) is 0.227. The van der Waals surface area contributed by atoms with E-state index in [4.69, 9.17) is 0 Å². The molecule has 0 radical (unpaired) electrons. The Bertz CT molecular complexity index is 1140. The van der Waals surface area contributed by atoms with Crippen molar-refractivity contribution in [3.63, 3.8) is 0 Å². The average Bonchev–Trinajstić information content (AvgIpc) is 3.07. The predicted octanol–water partition coefficient (Wildman–Crippen LogP) is 4.45. The third kappa shape index (κ3) is 4.36. The molecule has 0 spiro atoms. The minimum absolute atomic E-state index is 0.155. The number of aromatic nitrogens is 2. The number of aryl methyl sites for hydroxylation is 1. The monoisotopic (exact) mass is 445 g/mol. The highest BCUT2D eigenvalue weighted by Gasteiger charge is 2.33. The number of nitrogens with zero attached hydrogens (tertiary/aromatic N) is 3. The average molecular weight is 445 g/mol. The molecule has 2 heterocycles. The van der Waals surface area contributed by atoms with Crippen LogP contribution in [0.5, 0.6) is 0 Å². The molecule has 9 heteroatoms. The van der Waals surface area contributed by atoms with Gasteiger partial charge in [0.2, 0.25) is 5.91 Å². The van der Waals surface area contributed by atoms with E-state index in [9.17, 15) is 22.8 Å². The first-order chi connectivity index (χ1) is 14.7. The number of ketones is 1. The van der Waals surface area contributed by atoms with Gasteiger partial charge in [0.15, 0.2) is 5.78 Å². The van der Waals surface area contributed by atoms with E-state index in [1.54, 1.807) is 11.6 Å². The number of thioether (sulfide) groups is 1. The van der Waals surface area contributed by atoms with Crippen LogP contribution in [0.2, 0.25) is 0 Å². The van der Waals surface area contributed by atoms with Gasteiger partial charge in [-0.3, -0.25) is 9.59 Å². The lowest BCUT2D eigenvalue weighted by Crippen LogP contribution is -2.40. The van der Waals surface area contributed by atoms with Crippen molar-refractivity contribution in [2.24, 2.45) is 0 Å². The molecule has 0 aliphatic carbocycles. The molecule has 1 aromatic heterocycles. The molecule has 1 aliphatic rings. The van der Waals surface area contributed by atoms with Gasteiger partial charge in [-0.05, 0) is 30.7 Å². The Balaban J connectivity index is 1.58. The molecule has 0 bridgehead atoms. The largest absolute Gasteiger partial charge is 0.416 e. The van der Waals surface area contributed by atoms with Crippen molar-refractivity contribution >= 4 is 29.1 Å². The van der Waals surface area contributed by atoms with E-state index in [2.05, 4.69) is 5.10 Å².